The van der Waals surface area contributed by atoms with E-state index in [-0.39, 0.29) is 12.5 Å². The van der Waals surface area contributed by atoms with Crippen molar-refractivity contribution in [1.82, 2.24) is 4.90 Å². The van der Waals surface area contributed by atoms with Crippen LogP contribution in [0.2, 0.25) is 5.02 Å². The summed E-state index contributed by atoms with van der Waals surface area (Å²) in [5, 5.41) is 12.2. The van der Waals surface area contributed by atoms with E-state index in [4.69, 9.17) is 26.2 Å². The van der Waals surface area contributed by atoms with Gasteiger partial charge in [-0.2, -0.15) is 0 Å². The summed E-state index contributed by atoms with van der Waals surface area (Å²) in [4.78, 5) is 25.0. The number of carboxylic acids is 1. The van der Waals surface area contributed by atoms with Gasteiger partial charge in [-0.25, -0.2) is 0 Å². The first kappa shape index (κ1) is 17.4. The number of carbonyl (C=O) groups is 2. The molecule has 0 radical (unpaired) electrons. The van der Waals surface area contributed by atoms with Gasteiger partial charge >= 0.3 is 5.97 Å². The van der Waals surface area contributed by atoms with Crippen molar-refractivity contribution in [1.29, 1.82) is 0 Å². The van der Waals surface area contributed by atoms with Crippen LogP contribution < -0.4 is 14.8 Å². The molecule has 0 unspecified atom stereocenters. The molecular weight excluding hydrogens is 324 g/mol. The maximum atomic E-state index is 12.2. The lowest BCUT2D eigenvalue weighted by Crippen LogP contribution is -2.40. The zero-order valence-electron chi connectivity index (χ0n) is 13.0. The van der Waals surface area contributed by atoms with E-state index >= 15 is 0 Å². The highest BCUT2D eigenvalue weighted by molar-refractivity contribution is 6.32. The molecule has 126 valence electrons. The van der Waals surface area contributed by atoms with Crippen LogP contribution in [0.5, 0.6) is 11.5 Å². The number of rotatable bonds is 6. The molecule has 0 aromatic heterocycles. The average Bonchev–Trinajstić information content (AvgIpc) is 2.96. The Morgan fingerprint density at radius 1 is 1.35 bits per heavy atom. The van der Waals surface area contributed by atoms with Gasteiger partial charge in [0.1, 0.15) is 17.5 Å². The van der Waals surface area contributed by atoms with Crippen LogP contribution >= 0.6 is 11.6 Å². The molecule has 1 amide bonds. The number of likely N-dealkylation sites (tertiary alicyclic amines) is 1. The molecule has 1 aromatic rings. The minimum absolute atomic E-state index is 0.00502. The Morgan fingerprint density at radius 3 is 2.65 bits per heavy atom. The number of carboxylic acid groups (broad SMARTS) is 1. The van der Waals surface area contributed by atoms with E-state index in [0.29, 0.717) is 35.2 Å². The predicted octanol–water partition coefficient (Wildman–Crippen LogP) is 1.84. The zero-order valence-corrected chi connectivity index (χ0v) is 13.7. The van der Waals surface area contributed by atoms with Crippen molar-refractivity contribution in [3.63, 3.8) is 0 Å². The standard InChI is InChI=1S/C15H19ClN2O5/c1-22-12-7-10(13(23-2)6-9(12)16)17-14(19)8-18-5-3-4-11(18)15(20)21/h6-7,11H,3-5,8H2,1-2H3,(H,17,19)(H,20,21)/t11-/m0/s1. The van der Waals surface area contributed by atoms with Gasteiger partial charge in [-0.3, -0.25) is 14.5 Å². The lowest BCUT2D eigenvalue weighted by molar-refractivity contribution is -0.142. The molecule has 0 spiro atoms. The number of anilines is 1. The Kier molecular flexibility index (Phi) is 5.68. The number of methoxy groups -OCH3 is 2. The van der Waals surface area contributed by atoms with E-state index in [1.807, 2.05) is 0 Å². The summed E-state index contributed by atoms with van der Waals surface area (Å²) in [6.45, 7) is 0.594. The van der Waals surface area contributed by atoms with Crippen molar-refractivity contribution in [2.24, 2.45) is 0 Å². The normalized spacial score (nSPS) is 17.8. The highest BCUT2D eigenvalue weighted by Gasteiger charge is 2.31. The molecule has 2 N–H and O–H groups in total. The summed E-state index contributed by atoms with van der Waals surface area (Å²) in [7, 11) is 2.94. The Balaban J connectivity index is 2.09. The molecule has 1 atom stereocenters. The van der Waals surface area contributed by atoms with Crippen LogP contribution in [0.1, 0.15) is 12.8 Å². The third-order valence-electron chi connectivity index (χ3n) is 3.74. The fraction of sp³-hybridized carbons (Fsp3) is 0.467. The Hall–Kier alpha value is -1.99. The van der Waals surface area contributed by atoms with Crippen molar-refractivity contribution < 1.29 is 24.2 Å². The summed E-state index contributed by atoms with van der Waals surface area (Å²) in [5.74, 6) is -0.408. The maximum absolute atomic E-state index is 12.2. The largest absolute Gasteiger partial charge is 0.495 e. The van der Waals surface area contributed by atoms with Gasteiger partial charge in [-0.1, -0.05) is 11.6 Å². The Morgan fingerprint density at radius 2 is 2.04 bits per heavy atom. The number of aliphatic carboxylic acids is 1. The summed E-state index contributed by atoms with van der Waals surface area (Å²) in [5.41, 5.74) is 0.421. The molecule has 23 heavy (non-hydrogen) atoms. The molecule has 1 aliphatic rings. The van der Waals surface area contributed by atoms with Gasteiger partial charge in [-0.15, -0.1) is 0 Å². The number of carbonyl (C=O) groups excluding carboxylic acids is 1. The van der Waals surface area contributed by atoms with Crippen LogP contribution in [0.25, 0.3) is 0 Å². The minimum atomic E-state index is -0.902. The van der Waals surface area contributed by atoms with Gasteiger partial charge in [0.15, 0.2) is 0 Å². The second-order valence-corrected chi connectivity index (χ2v) is 5.61. The van der Waals surface area contributed by atoms with Gasteiger partial charge in [-0.05, 0) is 19.4 Å². The van der Waals surface area contributed by atoms with E-state index in [0.717, 1.165) is 6.42 Å². The fourth-order valence-electron chi connectivity index (χ4n) is 2.63. The summed E-state index contributed by atoms with van der Waals surface area (Å²) in [6.07, 6.45) is 1.32. The number of amides is 1. The predicted molar refractivity (Wildman–Crippen MR) is 85.4 cm³/mol. The maximum Gasteiger partial charge on any atom is 0.320 e. The smallest absolute Gasteiger partial charge is 0.320 e. The van der Waals surface area contributed by atoms with E-state index in [1.165, 1.54) is 14.2 Å². The SMILES string of the molecule is COc1cc(NC(=O)CN2CCC[C@H]2C(=O)O)c(OC)cc1Cl. The van der Waals surface area contributed by atoms with Crippen LogP contribution in [0.3, 0.4) is 0 Å². The Labute approximate surface area is 139 Å². The number of hydrogen-bond acceptors (Lipinski definition) is 5. The second-order valence-electron chi connectivity index (χ2n) is 5.20. The molecular formula is C15H19ClN2O5. The van der Waals surface area contributed by atoms with Gasteiger partial charge < -0.3 is 19.9 Å². The zero-order chi connectivity index (χ0) is 17.0. The first-order valence-corrected chi connectivity index (χ1v) is 7.52. The number of nitrogens with zero attached hydrogens (tertiary/aromatic N) is 1. The van der Waals surface area contributed by atoms with Crippen LogP contribution in [0.4, 0.5) is 5.69 Å². The molecule has 1 aromatic carbocycles. The Bertz CT molecular complexity index is 608. The van der Waals surface area contributed by atoms with E-state index in [1.54, 1.807) is 17.0 Å². The van der Waals surface area contributed by atoms with Gasteiger partial charge in [0.05, 0.1) is 31.5 Å². The van der Waals surface area contributed by atoms with E-state index < -0.39 is 12.0 Å². The molecule has 0 bridgehead atoms. The number of halogens is 1. The topological polar surface area (TPSA) is 88.1 Å². The van der Waals surface area contributed by atoms with Crippen molar-refractivity contribution in [3.8, 4) is 11.5 Å². The molecule has 8 heteroatoms. The number of nitrogens with one attached hydrogen (secondary N) is 1. The molecule has 7 nitrogen and oxygen atoms in total. The van der Waals surface area contributed by atoms with Crippen molar-refractivity contribution in [2.45, 2.75) is 18.9 Å². The lowest BCUT2D eigenvalue weighted by atomic mass is 10.2. The van der Waals surface area contributed by atoms with Crippen molar-refractivity contribution >= 4 is 29.2 Å². The van der Waals surface area contributed by atoms with Crippen molar-refractivity contribution in [2.75, 3.05) is 32.6 Å². The molecule has 1 saturated heterocycles. The number of benzene rings is 1. The molecule has 0 aliphatic carbocycles. The van der Waals surface area contributed by atoms with Gasteiger partial charge in [0, 0.05) is 12.1 Å². The average molecular weight is 343 g/mol. The number of ether oxygens (including phenoxy) is 2. The molecule has 1 heterocycles. The minimum Gasteiger partial charge on any atom is -0.495 e. The summed E-state index contributed by atoms with van der Waals surface area (Å²) < 4.78 is 10.3. The third-order valence-corrected chi connectivity index (χ3v) is 4.04. The lowest BCUT2D eigenvalue weighted by Gasteiger charge is -2.20. The van der Waals surface area contributed by atoms with Crippen LogP contribution in [0.15, 0.2) is 12.1 Å². The quantitative estimate of drug-likeness (QED) is 0.820. The summed E-state index contributed by atoms with van der Waals surface area (Å²) in [6, 6.07) is 2.51. The van der Waals surface area contributed by atoms with Crippen LogP contribution in [-0.2, 0) is 9.59 Å². The van der Waals surface area contributed by atoms with E-state index in [9.17, 15) is 9.59 Å². The third kappa shape index (κ3) is 4.05. The van der Waals surface area contributed by atoms with E-state index in [2.05, 4.69) is 5.32 Å². The van der Waals surface area contributed by atoms with Crippen LogP contribution in [-0.4, -0.2) is 55.2 Å². The second kappa shape index (κ2) is 7.52. The molecule has 1 fully saturated rings. The molecule has 2 rings (SSSR count). The fourth-order valence-corrected chi connectivity index (χ4v) is 2.86. The van der Waals surface area contributed by atoms with Crippen molar-refractivity contribution in [3.05, 3.63) is 17.2 Å². The summed E-state index contributed by atoms with van der Waals surface area (Å²) >= 11 is 6.02. The first-order valence-electron chi connectivity index (χ1n) is 7.14. The van der Waals surface area contributed by atoms with Gasteiger partial charge in [0.25, 0.3) is 0 Å². The molecule has 1 aliphatic heterocycles. The van der Waals surface area contributed by atoms with Crippen LogP contribution in [0, 0.1) is 0 Å². The highest BCUT2D eigenvalue weighted by Crippen LogP contribution is 2.35. The van der Waals surface area contributed by atoms with Gasteiger partial charge in [0.2, 0.25) is 5.91 Å². The highest BCUT2D eigenvalue weighted by atomic mass is 35.5. The molecule has 0 saturated carbocycles. The number of hydrogen-bond donors (Lipinski definition) is 2. The monoisotopic (exact) mass is 342 g/mol. The first-order chi connectivity index (χ1) is 11.0.